The van der Waals surface area contributed by atoms with E-state index in [4.69, 9.17) is 0 Å². The van der Waals surface area contributed by atoms with Gasteiger partial charge in [-0.1, -0.05) is 6.08 Å². The summed E-state index contributed by atoms with van der Waals surface area (Å²) in [5.41, 5.74) is 0. The van der Waals surface area contributed by atoms with Crippen molar-refractivity contribution in [3.05, 3.63) is 12.2 Å². The maximum Gasteiger partial charge on any atom is 0.384 e. The van der Waals surface area contributed by atoms with Gasteiger partial charge in [-0.25, -0.2) is 9.59 Å². The van der Waals surface area contributed by atoms with E-state index in [0.717, 1.165) is 0 Å². The van der Waals surface area contributed by atoms with Crippen LogP contribution in [-0.4, -0.2) is 25.2 Å². The Kier molecular flexibility index (Phi) is 6.88. The highest BCUT2D eigenvalue weighted by Crippen LogP contribution is 1.80. The van der Waals surface area contributed by atoms with E-state index in [9.17, 15) is 9.59 Å². The number of carbonyl (C=O) groups excluding carboxylic acids is 2. The molecule has 0 aromatic carbocycles. The lowest BCUT2D eigenvalue weighted by molar-refractivity contribution is -0.137. The van der Waals surface area contributed by atoms with Crippen LogP contribution in [0.3, 0.4) is 0 Å². The molecular weight excluding hydrogens is 184 g/mol. The van der Waals surface area contributed by atoms with E-state index in [1.54, 1.807) is 19.9 Å². The summed E-state index contributed by atoms with van der Waals surface area (Å²) < 4.78 is 9.13. The monoisotopic (exact) mass is 196 g/mol. The van der Waals surface area contributed by atoms with Crippen molar-refractivity contribution in [2.45, 2.75) is 13.8 Å². The predicted octanol–water partition coefficient (Wildman–Crippen LogP) is 0.672. The van der Waals surface area contributed by atoms with Crippen molar-refractivity contribution in [2.75, 3.05) is 13.2 Å². The van der Waals surface area contributed by atoms with Gasteiger partial charge in [0.25, 0.3) is 0 Å². The summed E-state index contributed by atoms with van der Waals surface area (Å²) >= 11 is 0. The molecule has 0 saturated heterocycles. The van der Waals surface area contributed by atoms with Gasteiger partial charge in [-0.15, -0.1) is 0 Å². The minimum Gasteiger partial charge on any atom is -0.456 e. The quantitative estimate of drug-likeness (QED) is 0.288. The van der Waals surface area contributed by atoms with Gasteiger partial charge in [0, 0.05) is 12.0 Å². The minimum atomic E-state index is -0.616. The predicted molar refractivity (Wildman–Crippen MR) is 50.2 cm³/mol. The molecule has 0 saturated carbocycles. The Balaban J connectivity index is 3.72. The topological polar surface area (TPSA) is 52.6 Å². The Morgan fingerprint density at radius 2 is 2.07 bits per heavy atom. The van der Waals surface area contributed by atoms with E-state index in [1.807, 2.05) is 0 Å². The SMILES string of the molecule is C/C=C/C(=O)OCC#CC(=O)OCC. The van der Waals surface area contributed by atoms with E-state index in [2.05, 4.69) is 21.3 Å². The van der Waals surface area contributed by atoms with Crippen LogP contribution >= 0.6 is 0 Å². The summed E-state index contributed by atoms with van der Waals surface area (Å²) in [6.07, 6.45) is 2.83. The zero-order chi connectivity index (χ0) is 10.8. The fourth-order valence-corrected chi connectivity index (χ4v) is 0.567. The first-order chi connectivity index (χ1) is 6.70. The number of rotatable bonds is 3. The average molecular weight is 196 g/mol. The van der Waals surface area contributed by atoms with Crippen molar-refractivity contribution >= 4 is 11.9 Å². The molecule has 76 valence electrons. The van der Waals surface area contributed by atoms with Gasteiger partial charge in [-0.05, 0) is 19.8 Å². The summed E-state index contributed by atoms with van der Waals surface area (Å²) in [5.74, 6) is 3.43. The Labute approximate surface area is 82.9 Å². The van der Waals surface area contributed by atoms with Crippen molar-refractivity contribution in [3.63, 3.8) is 0 Å². The number of carbonyl (C=O) groups is 2. The number of esters is 2. The molecule has 0 N–H and O–H groups in total. The molecule has 14 heavy (non-hydrogen) atoms. The van der Waals surface area contributed by atoms with Crippen LogP contribution in [0, 0.1) is 11.8 Å². The van der Waals surface area contributed by atoms with Crippen LogP contribution in [0.25, 0.3) is 0 Å². The van der Waals surface area contributed by atoms with Crippen LogP contribution < -0.4 is 0 Å². The number of hydrogen-bond acceptors (Lipinski definition) is 4. The highest BCUT2D eigenvalue weighted by Gasteiger charge is 1.94. The summed E-state index contributed by atoms with van der Waals surface area (Å²) in [5, 5.41) is 0. The van der Waals surface area contributed by atoms with E-state index in [1.165, 1.54) is 6.08 Å². The largest absolute Gasteiger partial charge is 0.456 e. The van der Waals surface area contributed by atoms with Crippen molar-refractivity contribution in [3.8, 4) is 11.8 Å². The molecule has 0 radical (unpaired) electrons. The average Bonchev–Trinajstić information content (AvgIpc) is 2.13. The molecule has 0 rings (SSSR count). The molecule has 0 aromatic rings. The maximum absolute atomic E-state index is 10.7. The fraction of sp³-hybridized carbons (Fsp3) is 0.400. The molecule has 0 aliphatic rings. The van der Waals surface area contributed by atoms with Gasteiger partial charge < -0.3 is 9.47 Å². The third-order valence-corrected chi connectivity index (χ3v) is 1.06. The highest BCUT2D eigenvalue weighted by molar-refractivity contribution is 5.88. The molecule has 0 atom stereocenters. The second-order valence-electron chi connectivity index (χ2n) is 2.13. The molecule has 0 heterocycles. The molecule has 0 bridgehead atoms. The van der Waals surface area contributed by atoms with Gasteiger partial charge in [-0.2, -0.15) is 0 Å². The molecule has 0 amide bonds. The van der Waals surface area contributed by atoms with Crippen molar-refractivity contribution in [1.82, 2.24) is 0 Å². The second kappa shape index (κ2) is 7.87. The van der Waals surface area contributed by atoms with E-state index in [0.29, 0.717) is 0 Å². The van der Waals surface area contributed by atoms with E-state index < -0.39 is 11.9 Å². The molecule has 4 nitrogen and oxygen atoms in total. The molecular formula is C10H12O4. The van der Waals surface area contributed by atoms with E-state index in [-0.39, 0.29) is 13.2 Å². The molecule has 0 aliphatic heterocycles. The lowest BCUT2D eigenvalue weighted by Gasteiger charge is -1.93. The van der Waals surface area contributed by atoms with Gasteiger partial charge in [0.1, 0.15) is 0 Å². The first-order valence-corrected chi connectivity index (χ1v) is 4.15. The van der Waals surface area contributed by atoms with E-state index >= 15 is 0 Å². The van der Waals surface area contributed by atoms with Crippen LogP contribution in [0.2, 0.25) is 0 Å². The number of allylic oxidation sites excluding steroid dienone is 1. The van der Waals surface area contributed by atoms with Crippen molar-refractivity contribution in [2.24, 2.45) is 0 Å². The van der Waals surface area contributed by atoms with Crippen LogP contribution in [0.1, 0.15) is 13.8 Å². The summed E-state index contributed by atoms with van der Waals surface area (Å²) in [7, 11) is 0. The third-order valence-electron chi connectivity index (χ3n) is 1.06. The smallest absolute Gasteiger partial charge is 0.384 e. The maximum atomic E-state index is 10.7. The molecule has 4 heteroatoms. The number of hydrogen-bond donors (Lipinski definition) is 0. The van der Waals surface area contributed by atoms with Gasteiger partial charge >= 0.3 is 11.9 Å². The normalized spacial score (nSPS) is 9.00. The minimum absolute atomic E-state index is 0.109. The molecule has 0 aliphatic carbocycles. The third kappa shape index (κ3) is 6.92. The zero-order valence-corrected chi connectivity index (χ0v) is 8.20. The zero-order valence-electron chi connectivity index (χ0n) is 8.20. The summed E-state index contributed by atoms with van der Waals surface area (Å²) in [4.78, 5) is 21.4. The Bertz CT molecular complexity index is 280. The molecule has 0 fully saturated rings. The Hall–Kier alpha value is -1.76. The summed E-state index contributed by atoms with van der Waals surface area (Å²) in [6.45, 7) is 3.56. The summed E-state index contributed by atoms with van der Waals surface area (Å²) in [6, 6.07) is 0. The number of ether oxygens (including phenoxy) is 2. The van der Waals surface area contributed by atoms with Gasteiger partial charge in [0.15, 0.2) is 6.61 Å². The van der Waals surface area contributed by atoms with Gasteiger partial charge in [-0.3, -0.25) is 0 Å². The van der Waals surface area contributed by atoms with Crippen LogP contribution in [0.15, 0.2) is 12.2 Å². The molecule has 0 unspecified atom stereocenters. The van der Waals surface area contributed by atoms with Crippen molar-refractivity contribution < 1.29 is 19.1 Å². The Morgan fingerprint density at radius 1 is 1.36 bits per heavy atom. The van der Waals surface area contributed by atoms with Crippen molar-refractivity contribution in [1.29, 1.82) is 0 Å². The van der Waals surface area contributed by atoms with Crippen LogP contribution in [0.4, 0.5) is 0 Å². The standard InChI is InChI=1S/C10H12O4/c1-3-6-9(11)14-8-5-7-10(12)13-4-2/h3,6H,4,8H2,1-2H3/b6-3+. The highest BCUT2D eigenvalue weighted by atomic mass is 16.5. The van der Waals surface area contributed by atoms with Gasteiger partial charge in [0.2, 0.25) is 0 Å². The first kappa shape index (κ1) is 12.2. The Morgan fingerprint density at radius 3 is 2.64 bits per heavy atom. The lowest BCUT2D eigenvalue weighted by Crippen LogP contribution is -2.03. The van der Waals surface area contributed by atoms with Crippen LogP contribution in [0.5, 0.6) is 0 Å². The van der Waals surface area contributed by atoms with Gasteiger partial charge in [0.05, 0.1) is 6.61 Å². The molecule has 0 aromatic heterocycles. The molecule has 0 spiro atoms. The van der Waals surface area contributed by atoms with Crippen LogP contribution in [-0.2, 0) is 19.1 Å². The lowest BCUT2D eigenvalue weighted by atomic mass is 10.5. The second-order valence-corrected chi connectivity index (χ2v) is 2.13. The fourth-order valence-electron chi connectivity index (χ4n) is 0.567. The first-order valence-electron chi connectivity index (χ1n) is 4.15.